The first-order valence-electron chi connectivity index (χ1n) is 8.07. The Kier molecular flexibility index (Phi) is 5.97. The maximum atomic E-state index is 12.3. The summed E-state index contributed by atoms with van der Waals surface area (Å²) in [4.78, 5) is 18.1. The van der Waals surface area contributed by atoms with E-state index < -0.39 is 6.61 Å². The van der Waals surface area contributed by atoms with E-state index in [9.17, 15) is 13.6 Å². The van der Waals surface area contributed by atoms with Crippen molar-refractivity contribution in [1.29, 1.82) is 0 Å². The van der Waals surface area contributed by atoms with Crippen molar-refractivity contribution in [2.45, 2.75) is 13.2 Å². The molecule has 0 radical (unpaired) electrons. The van der Waals surface area contributed by atoms with E-state index in [1.54, 1.807) is 36.7 Å². The molecule has 0 aliphatic rings. The van der Waals surface area contributed by atoms with E-state index in [2.05, 4.69) is 15.0 Å². The van der Waals surface area contributed by atoms with Crippen LogP contribution in [-0.4, -0.2) is 29.6 Å². The lowest BCUT2D eigenvalue weighted by Gasteiger charge is -2.18. The highest BCUT2D eigenvalue weighted by Gasteiger charge is 2.11. The fraction of sp³-hybridized carbons (Fsp3) is 0.158. The minimum absolute atomic E-state index is 0.0844. The number of nitrogens with zero attached hydrogens (tertiary/aromatic N) is 2. The summed E-state index contributed by atoms with van der Waals surface area (Å²) in [5, 5.41) is 5.65. The lowest BCUT2D eigenvalue weighted by Crippen LogP contribution is -2.30. The summed E-state index contributed by atoms with van der Waals surface area (Å²) in [5.41, 5.74) is 2.46. The van der Waals surface area contributed by atoms with Crippen LogP contribution in [0.1, 0.15) is 5.56 Å². The molecule has 0 saturated heterocycles. The maximum Gasteiger partial charge on any atom is 0.387 e. The minimum Gasteiger partial charge on any atom is -0.435 e. The smallest absolute Gasteiger partial charge is 0.387 e. The zero-order valence-corrected chi connectivity index (χ0v) is 15.2. The molecular weight excluding hydrogens is 372 g/mol. The summed E-state index contributed by atoms with van der Waals surface area (Å²) in [6, 6.07) is 13.3. The molecule has 0 aliphatic carbocycles. The summed E-state index contributed by atoms with van der Waals surface area (Å²) in [6.45, 7) is -2.52. The Hall–Kier alpha value is -3.00. The highest BCUT2D eigenvalue weighted by Crippen LogP contribution is 2.23. The molecule has 0 bridgehead atoms. The van der Waals surface area contributed by atoms with E-state index in [1.807, 2.05) is 29.6 Å². The average molecular weight is 389 g/mol. The zero-order valence-electron chi connectivity index (χ0n) is 14.4. The molecule has 1 heterocycles. The van der Waals surface area contributed by atoms with Crippen LogP contribution in [0.15, 0.2) is 60.1 Å². The van der Waals surface area contributed by atoms with Gasteiger partial charge in [-0.05, 0) is 42.0 Å². The van der Waals surface area contributed by atoms with Crippen LogP contribution < -0.4 is 10.1 Å². The molecule has 0 saturated carbocycles. The van der Waals surface area contributed by atoms with E-state index in [0.717, 1.165) is 16.1 Å². The fourth-order valence-electron chi connectivity index (χ4n) is 2.40. The van der Waals surface area contributed by atoms with Crippen molar-refractivity contribution >= 4 is 23.1 Å². The largest absolute Gasteiger partial charge is 0.435 e. The van der Waals surface area contributed by atoms with E-state index in [-0.39, 0.29) is 11.8 Å². The number of halogens is 2. The quantitative estimate of drug-likeness (QED) is 0.640. The number of thiazole rings is 1. The monoisotopic (exact) mass is 389 g/mol. The number of nitrogens with one attached hydrogen (secondary N) is 1. The second-order valence-corrected chi connectivity index (χ2v) is 6.62. The van der Waals surface area contributed by atoms with E-state index >= 15 is 0 Å². The number of hydrogen-bond donors (Lipinski definition) is 1. The number of alkyl halides is 2. The Balaban J connectivity index is 1.55. The Morgan fingerprint density at radius 3 is 2.48 bits per heavy atom. The lowest BCUT2D eigenvalue weighted by atomic mass is 10.2. The predicted molar refractivity (Wildman–Crippen MR) is 101 cm³/mol. The van der Waals surface area contributed by atoms with Gasteiger partial charge in [-0.1, -0.05) is 12.1 Å². The molecule has 3 rings (SSSR count). The third-order valence-electron chi connectivity index (χ3n) is 3.73. The van der Waals surface area contributed by atoms with Crippen molar-refractivity contribution < 1.29 is 18.3 Å². The summed E-state index contributed by atoms with van der Waals surface area (Å²) >= 11 is 1.55. The molecule has 27 heavy (non-hydrogen) atoms. The second-order valence-electron chi connectivity index (χ2n) is 5.72. The first kappa shape index (κ1) is 18.8. The van der Waals surface area contributed by atoms with Gasteiger partial charge in [0.1, 0.15) is 10.8 Å². The van der Waals surface area contributed by atoms with Gasteiger partial charge in [-0.15, -0.1) is 11.3 Å². The number of hydrogen-bond acceptors (Lipinski definition) is 4. The van der Waals surface area contributed by atoms with Gasteiger partial charge in [0.25, 0.3) is 0 Å². The molecule has 2 aromatic carbocycles. The second kappa shape index (κ2) is 8.59. The molecular formula is C19H17F2N3O2S. The summed E-state index contributed by atoms with van der Waals surface area (Å²) in [7, 11) is 1.66. The van der Waals surface area contributed by atoms with Crippen LogP contribution in [0.3, 0.4) is 0 Å². The highest BCUT2D eigenvalue weighted by molar-refractivity contribution is 7.13. The average Bonchev–Trinajstić information content (AvgIpc) is 3.18. The normalized spacial score (nSPS) is 10.7. The number of benzene rings is 2. The van der Waals surface area contributed by atoms with E-state index in [4.69, 9.17) is 0 Å². The molecule has 8 heteroatoms. The van der Waals surface area contributed by atoms with Gasteiger partial charge in [0.2, 0.25) is 0 Å². The van der Waals surface area contributed by atoms with Crippen LogP contribution in [0.25, 0.3) is 10.6 Å². The number of aromatic nitrogens is 1. The minimum atomic E-state index is -2.86. The number of anilines is 1. The molecule has 2 amide bonds. The first-order chi connectivity index (χ1) is 13.0. The molecule has 0 fully saturated rings. The van der Waals surface area contributed by atoms with E-state index in [0.29, 0.717) is 12.2 Å². The van der Waals surface area contributed by atoms with Crippen molar-refractivity contribution in [1.82, 2.24) is 9.88 Å². The number of amides is 2. The molecule has 140 valence electrons. The number of ether oxygens (including phenoxy) is 1. The third-order valence-corrected chi connectivity index (χ3v) is 4.55. The van der Waals surface area contributed by atoms with Gasteiger partial charge in [0, 0.05) is 36.4 Å². The lowest BCUT2D eigenvalue weighted by molar-refractivity contribution is -0.0498. The van der Waals surface area contributed by atoms with Crippen molar-refractivity contribution in [3.63, 3.8) is 0 Å². The van der Waals surface area contributed by atoms with Gasteiger partial charge in [-0.25, -0.2) is 9.78 Å². The molecule has 0 atom stereocenters. The molecule has 0 aliphatic heterocycles. The van der Waals surface area contributed by atoms with Crippen LogP contribution in [0, 0.1) is 0 Å². The van der Waals surface area contributed by atoms with Crippen molar-refractivity contribution in [3.8, 4) is 16.3 Å². The van der Waals surface area contributed by atoms with Crippen LogP contribution in [-0.2, 0) is 6.54 Å². The standard InChI is InChI=1S/C19H17F2N3O2S/c1-24(12-13-2-8-16(9-3-13)26-18(20)21)19(25)23-15-6-4-14(5-7-15)17-22-10-11-27-17/h2-11,18H,12H2,1H3,(H,23,25). The maximum absolute atomic E-state index is 12.3. The van der Waals surface area contributed by atoms with Crippen LogP contribution in [0.5, 0.6) is 5.75 Å². The number of carbonyl (C=O) groups excluding carboxylic acids is 1. The van der Waals surface area contributed by atoms with Crippen molar-refractivity contribution in [2.24, 2.45) is 0 Å². The third kappa shape index (κ3) is 5.24. The molecule has 5 nitrogen and oxygen atoms in total. The molecule has 1 aromatic heterocycles. The van der Waals surface area contributed by atoms with Crippen LogP contribution in [0.4, 0.5) is 19.3 Å². The predicted octanol–water partition coefficient (Wildman–Crippen LogP) is 5.08. The zero-order chi connectivity index (χ0) is 19.2. The topological polar surface area (TPSA) is 54.5 Å². The summed E-state index contributed by atoms with van der Waals surface area (Å²) in [5.74, 6) is 0.0844. The number of urea groups is 1. The Morgan fingerprint density at radius 1 is 1.19 bits per heavy atom. The van der Waals surface area contributed by atoms with Gasteiger partial charge >= 0.3 is 12.6 Å². The fourth-order valence-corrected chi connectivity index (χ4v) is 3.05. The molecule has 1 N–H and O–H groups in total. The van der Waals surface area contributed by atoms with Gasteiger partial charge in [0.15, 0.2) is 0 Å². The Labute approximate surface area is 159 Å². The molecule has 0 spiro atoms. The first-order valence-corrected chi connectivity index (χ1v) is 8.95. The van der Waals surface area contributed by atoms with Crippen LogP contribution >= 0.6 is 11.3 Å². The van der Waals surface area contributed by atoms with Crippen molar-refractivity contribution in [2.75, 3.05) is 12.4 Å². The van der Waals surface area contributed by atoms with Gasteiger partial charge in [0.05, 0.1) is 0 Å². The van der Waals surface area contributed by atoms with Gasteiger partial charge < -0.3 is 15.0 Å². The number of rotatable bonds is 6. The van der Waals surface area contributed by atoms with Crippen LogP contribution in [0.2, 0.25) is 0 Å². The molecule has 0 unspecified atom stereocenters. The van der Waals surface area contributed by atoms with E-state index in [1.165, 1.54) is 17.0 Å². The molecule has 3 aromatic rings. The highest BCUT2D eigenvalue weighted by atomic mass is 32.1. The van der Waals surface area contributed by atoms with Gasteiger partial charge in [-0.2, -0.15) is 8.78 Å². The summed E-state index contributed by atoms with van der Waals surface area (Å²) in [6.07, 6.45) is 1.75. The van der Waals surface area contributed by atoms with Crippen molar-refractivity contribution in [3.05, 3.63) is 65.7 Å². The number of carbonyl (C=O) groups is 1. The summed E-state index contributed by atoms with van der Waals surface area (Å²) < 4.78 is 28.6. The van der Waals surface area contributed by atoms with Gasteiger partial charge in [-0.3, -0.25) is 0 Å². The Bertz CT molecular complexity index is 869. The Morgan fingerprint density at radius 2 is 1.89 bits per heavy atom. The SMILES string of the molecule is CN(Cc1ccc(OC(F)F)cc1)C(=O)Nc1ccc(-c2nccs2)cc1.